The Morgan fingerprint density at radius 3 is 2.80 bits per heavy atom. The predicted octanol–water partition coefficient (Wildman–Crippen LogP) is 3.35. The highest BCUT2D eigenvalue weighted by Gasteiger charge is 2.03. The van der Waals surface area contributed by atoms with Gasteiger partial charge in [0.2, 0.25) is 0 Å². The summed E-state index contributed by atoms with van der Waals surface area (Å²) in [7, 11) is 0. The molecule has 0 aliphatic rings. The number of benzene rings is 1. The van der Waals surface area contributed by atoms with E-state index in [2.05, 4.69) is 34.2 Å². The fourth-order valence-electron chi connectivity index (χ4n) is 1.36. The molecule has 0 saturated heterocycles. The van der Waals surface area contributed by atoms with Crippen LogP contribution in [0.5, 0.6) is 5.75 Å². The molecular formula is C12H18BrNO. The Morgan fingerprint density at radius 1 is 1.33 bits per heavy atom. The van der Waals surface area contributed by atoms with Crippen LogP contribution in [0.15, 0.2) is 22.7 Å². The molecule has 0 aliphatic heterocycles. The standard InChI is InChI=1S/C12H18BrNO/c1-3-7-14-9-10-5-6-11(13)8-12(10)15-4-2/h5-6,8,14H,3-4,7,9H2,1-2H3. The van der Waals surface area contributed by atoms with Crippen LogP contribution < -0.4 is 10.1 Å². The number of hydrogen-bond acceptors (Lipinski definition) is 2. The highest BCUT2D eigenvalue weighted by Crippen LogP contribution is 2.23. The van der Waals surface area contributed by atoms with Gasteiger partial charge < -0.3 is 10.1 Å². The molecule has 0 radical (unpaired) electrons. The van der Waals surface area contributed by atoms with Gasteiger partial charge in [-0.1, -0.05) is 28.9 Å². The first-order valence-corrected chi connectivity index (χ1v) is 6.19. The SMILES string of the molecule is CCCNCc1ccc(Br)cc1OCC. The molecule has 0 bridgehead atoms. The molecule has 84 valence electrons. The van der Waals surface area contributed by atoms with Gasteiger partial charge in [0.25, 0.3) is 0 Å². The van der Waals surface area contributed by atoms with Crippen LogP contribution in [0.3, 0.4) is 0 Å². The molecule has 0 amide bonds. The first kappa shape index (κ1) is 12.5. The van der Waals surface area contributed by atoms with Crippen molar-refractivity contribution in [3.63, 3.8) is 0 Å². The zero-order valence-electron chi connectivity index (χ0n) is 9.35. The van der Waals surface area contributed by atoms with Crippen LogP contribution in [-0.4, -0.2) is 13.2 Å². The first-order chi connectivity index (χ1) is 7.27. The lowest BCUT2D eigenvalue weighted by Gasteiger charge is -2.11. The third-order valence-electron chi connectivity index (χ3n) is 2.07. The van der Waals surface area contributed by atoms with E-state index in [0.717, 1.165) is 29.7 Å². The smallest absolute Gasteiger partial charge is 0.124 e. The van der Waals surface area contributed by atoms with Gasteiger partial charge in [-0.15, -0.1) is 0 Å². The summed E-state index contributed by atoms with van der Waals surface area (Å²) >= 11 is 3.45. The van der Waals surface area contributed by atoms with Crippen molar-refractivity contribution in [2.24, 2.45) is 0 Å². The third kappa shape index (κ3) is 4.22. The lowest BCUT2D eigenvalue weighted by Crippen LogP contribution is -2.14. The second kappa shape index (κ2) is 6.85. The molecule has 2 nitrogen and oxygen atoms in total. The Labute approximate surface area is 100 Å². The minimum absolute atomic E-state index is 0.706. The molecule has 0 saturated carbocycles. The van der Waals surface area contributed by atoms with Gasteiger partial charge >= 0.3 is 0 Å². The first-order valence-electron chi connectivity index (χ1n) is 5.39. The van der Waals surface area contributed by atoms with E-state index < -0.39 is 0 Å². The fourth-order valence-corrected chi connectivity index (χ4v) is 1.70. The topological polar surface area (TPSA) is 21.3 Å². The van der Waals surface area contributed by atoms with E-state index in [1.54, 1.807) is 0 Å². The number of halogens is 1. The van der Waals surface area contributed by atoms with Gasteiger partial charge in [-0.25, -0.2) is 0 Å². The molecule has 0 unspecified atom stereocenters. The van der Waals surface area contributed by atoms with Crippen molar-refractivity contribution in [1.29, 1.82) is 0 Å². The third-order valence-corrected chi connectivity index (χ3v) is 2.56. The average molecular weight is 272 g/mol. The molecule has 1 N–H and O–H groups in total. The summed E-state index contributed by atoms with van der Waals surface area (Å²) in [5.41, 5.74) is 1.22. The molecule has 0 atom stereocenters. The van der Waals surface area contributed by atoms with Crippen LogP contribution in [0, 0.1) is 0 Å². The predicted molar refractivity (Wildman–Crippen MR) is 67.3 cm³/mol. The molecular weight excluding hydrogens is 254 g/mol. The molecule has 0 aromatic heterocycles. The van der Waals surface area contributed by atoms with Gasteiger partial charge in [-0.3, -0.25) is 0 Å². The molecule has 0 heterocycles. The number of rotatable bonds is 6. The lowest BCUT2D eigenvalue weighted by atomic mass is 10.2. The second-order valence-corrected chi connectivity index (χ2v) is 4.28. The summed E-state index contributed by atoms with van der Waals surface area (Å²) < 4.78 is 6.64. The van der Waals surface area contributed by atoms with Gasteiger partial charge in [-0.05, 0) is 32.0 Å². The Hall–Kier alpha value is -0.540. The Morgan fingerprint density at radius 2 is 2.13 bits per heavy atom. The monoisotopic (exact) mass is 271 g/mol. The van der Waals surface area contributed by atoms with Crippen molar-refractivity contribution in [2.75, 3.05) is 13.2 Å². The molecule has 0 fully saturated rings. The van der Waals surface area contributed by atoms with E-state index in [1.807, 2.05) is 19.1 Å². The maximum atomic E-state index is 5.58. The summed E-state index contributed by atoms with van der Waals surface area (Å²) in [6.45, 7) is 6.79. The van der Waals surface area contributed by atoms with Crippen molar-refractivity contribution >= 4 is 15.9 Å². The minimum atomic E-state index is 0.706. The fraction of sp³-hybridized carbons (Fsp3) is 0.500. The zero-order valence-corrected chi connectivity index (χ0v) is 10.9. The second-order valence-electron chi connectivity index (χ2n) is 3.36. The zero-order chi connectivity index (χ0) is 11.1. The van der Waals surface area contributed by atoms with Gasteiger partial charge in [0, 0.05) is 16.6 Å². The van der Waals surface area contributed by atoms with Gasteiger partial charge in [0.05, 0.1) is 6.61 Å². The maximum absolute atomic E-state index is 5.58. The van der Waals surface area contributed by atoms with Crippen LogP contribution in [0.25, 0.3) is 0 Å². The molecule has 0 spiro atoms. The molecule has 15 heavy (non-hydrogen) atoms. The quantitative estimate of drug-likeness (QED) is 0.802. The van der Waals surface area contributed by atoms with E-state index in [1.165, 1.54) is 5.56 Å². The van der Waals surface area contributed by atoms with Crippen molar-refractivity contribution in [3.8, 4) is 5.75 Å². The van der Waals surface area contributed by atoms with E-state index in [4.69, 9.17) is 4.74 Å². The van der Waals surface area contributed by atoms with E-state index in [0.29, 0.717) is 6.61 Å². The molecule has 1 aromatic carbocycles. The van der Waals surface area contributed by atoms with Crippen LogP contribution in [0.1, 0.15) is 25.8 Å². The highest BCUT2D eigenvalue weighted by atomic mass is 79.9. The van der Waals surface area contributed by atoms with Gasteiger partial charge in [0.15, 0.2) is 0 Å². The normalized spacial score (nSPS) is 10.3. The number of ether oxygens (including phenoxy) is 1. The number of hydrogen-bond donors (Lipinski definition) is 1. The van der Waals surface area contributed by atoms with Crippen LogP contribution in [0.2, 0.25) is 0 Å². The summed E-state index contributed by atoms with van der Waals surface area (Å²) in [5.74, 6) is 0.968. The van der Waals surface area contributed by atoms with Gasteiger partial charge in [0.1, 0.15) is 5.75 Å². The largest absolute Gasteiger partial charge is 0.494 e. The minimum Gasteiger partial charge on any atom is -0.494 e. The summed E-state index contributed by atoms with van der Waals surface area (Å²) in [4.78, 5) is 0. The molecule has 1 rings (SSSR count). The van der Waals surface area contributed by atoms with Crippen LogP contribution in [0.4, 0.5) is 0 Å². The summed E-state index contributed by atoms with van der Waals surface area (Å²) in [5, 5.41) is 3.37. The van der Waals surface area contributed by atoms with Crippen LogP contribution >= 0.6 is 15.9 Å². The maximum Gasteiger partial charge on any atom is 0.124 e. The average Bonchev–Trinajstić information content (AvgIpc) is 2.22. The van der Waals surface area contributed by atoms with E-state index in [-0.39, 0.29) is 0 Å². The Bertz CT molecular complexity index is 302. The van der Waals surface area contributed by atoms with Gasteiger partial charge in [-0.2, -0.15) is 0 Å². The summed E-state index contributed by atoms with van der Waals surface area (Å²) in [6.07, 6.45) is 1.15. The van der Waals surface area contributed by atoms with Crippen molar-refractivity contribution in [1.82, 2.24) is 5.32 Å². The highest BCUT2D eigenvalue weighted by molar-refractivity contribution is 9.10. The van der Waals surface area contributed by atoms with Crippen LogP contribution in [-0.2, 0) is 6.54 Å². The molecule has 1 aromatic rings. The number of nitrogens with one attached hydrogen (secondary N) is 1. The Balaban J connectivity index is 2.67. The van der Waals surface area contributed by atoms with Crippen molar-refractivity contribution in [2.45, 2.75) is 26.8 Å². The van der Waals surface area contributed by atoms with E-state index >= 15 is 0 Å². The van der Waals surface area contributed by atoms with Crippen molar-refractivity contribution in [3.05, 3.63) is 28.2 Å². The Kier molecular flexibility index (Phi) is 5.73. The summed E-state index contributed by atoms with van der Waals surface area (Å²) in [6, 6.07) is 6.16. The van der Waals surface area contributed by atoms with Crippen molar-refractivity contribution < 1.29 is 4.74 Å². The van der Waals surface area contributed by atoms with E-state index in [9.17, 15) is 0 Å². The molecule has 3 heteroatoms. The molecule has 0 aliphatic carbocycles. The lowest BCUT2D eigenvalue weighted by molar-refractivity contribution is 0.335.